The zero-order valence-corrected chi connectivity index (χ0v) is 11.8. The van der Waals surface area contributed by atoms with Gasteiger partial charge in [0.1, 0.15) is 0 Å². The van der Waals surface area contributed by atoms with Gasteiger partial charge in [0.25, 0.3) is 0 Å². The summed E-state index contributed by atoms with van der Waals surface area (Å²) in [4.78, 5) is 14.0. The van der Waals surface area contributed by atoms with E-state index in [1.807, 2.05) is 36.4 Å². The van der Waals surface area contributed by atoms with E-state index in [1.165, 1.54) is 0 Å². The molecule has 0 atom stereocenters. The smallest absolute Gasteiger partial charge is 0.156 e. The minimum absolute atomic E-state index is 0. The van der Waals surface area contributed by atoms with Crippen molar-refractivity contribution in [3.63, 3.8) is 0 Å². The van der Waals surface area contributed by atoms with E-state index in [0.717, 1.165) is 38.4 Å². The summed E-state index contributed by atoms with van der Waals surface area (Å²) in [5.41, 5.74) is 1.07. The molecule has 0 N–H and O–H groups in total. The van der Waals surface area contributed by atoms with E-state index < -0.39 is 0 Å². The Morgan fingerprint density at radius 1 is 1.21 bits per heavy atom. The quantitative estimate of drug-likeness (QED) is 0.777. The lowest BCUT2D eigenvalue weighted by molar-refractivity contribution is -0.115. The SMILES string of the molecule is Cl.O=C(/C=C/c1ccccc1)CCN1CCOCC1. The highest BCUT2D eigenvalue weighted by Crippen LogP contribution is 2.03. The van der Waals surface area contributed by atoms with Crippen molar-refractivity contribution in [2.45, 2.75) is 6.42 Å². The van der Waals surface area contributed by atoms with Crippen LogP contribution in [0.2, 0.25) is 0 Å². The average molecular weight is 282 g/mol. The number of benzene rings is 1. The molecule has 4 heteroatoms. The summed E-state index contributed by atoms with van der Waals surface area (Å²) in [5.74, 6) is 0.186. The Morgan fingerprint density at radius 3 is 2.58 bits per heavy atom. The third kappa shape index (κ3) is 6.01. The molecule has 1 aromatic carbocycles. The van der Waals surface area contributed by atoms with Crippen molar-refractivity contribution in [1.29, 1.82) is 0 Å². The lowest BCUT2D eigenvalue weighted by atomic mass is 10.1. The van der Waals surface area contributed by atoms with Crippen molar-refractivity contribution in [2.24, 2.45) is 0 Å². The first kappa shape index (κ1) is 15.9. The molecule has 19 heavy (non-hydrogen) atoms. The molecule has 3 nitrogen and oxygen atoms in total. The Labute approximate surface area is 120 Å². The number of carbonyl (C=O) groups is 1. The first-order valence-electron chi connectivity index (χ1n) is 6.41. The second-order valence-corrected chi connectivity index (χ2v) is 4.41. The van der Waals surface area contributed by atoms with Crippen molar-refractivity contribution in [2.75, 3.05) is 32.8 Å². The standard InChI is InChI=1S/C15H19NO2.ClH/c17-15(7-6-14-4-2-1-3-5-14)8-9-16-10-12-18-13-11-16;/h1-7H,8-13H2;1H/b7-6+;. The van der Waals surface area contributed by atoms with Gasteiger partial charge in [-0.25, -0.2) is 0 Å². The molecule has 1 aliphatic heterocycles. The minimum Gasteiger partial charge on any atom is -0.379 e. The molecule has 0 spiro atoms. The van der Waals surface area contributed by atoms with E-state index >= 15 is 0 Å². The Morgan fingerprint density at radius 2 is 1.89 bits per heavy atom. The zero-order chi connectivity index (χ0) is 12.6. The van der Waals surface area contributed by atoms with Gasteiger partial charge in [-0.15, -0.1) is 12.4 Å². The van der Waals surface area contributed by atoms with Crippen LogP contribution >= 0.6 is 12.4 Å². The van der Waals surface area contributed by atoms with Gasteiger partial charge < -0.3 is 4.74 Å². The molecule has 0 bridgehead atoms. The first-order valence-corrected chi connectivity index (χ1v) is 6.41. The number of ketones is 1. The van der Waals surface area contributed by atoms with Gasteiger partial charge in [-0.2, -0.15) is 0 Å². The van der Waals surface area contributed by atoms with Gasteiger partial charge in [-0.05, 0) is 11.6 Å². The van der Waals surface area contributed by atoms with E-state index in [2.05, 4.69) is 4.90 Å². The van der Waals surface area contributed by atoms with Crippen LogP contribution in [0, 0.1) is 0 Å². The molecule has 0 saturated carbocycles. The second-order valence-electron chi connectivity index (χ2n) is 4.41. The van der Waals surface area contributed by atoms with Gasteiger partial charge in [-0.1, -0.05) is 36.4 Å². The van der Waals surface area contributed by atoms with Crippen LogP contribution in [0.25, 0.3) is 6.08 Å². The fourth-order valence-electron chi connectivity index (χ4n) is 1.93. The number of rotatable bonds is 5. The second kappa shape index (κ2) is 8.86. The average Bonchev–Trinajstić information content (AvgIpc) is 2.45. The van der Waals surface area contributed by atoms with Crippen LogP contribution < -0.4 is 0 Å². The van der Waals surface area contributed by atoms with Crippen molar-refractivity contribution >= 4 is 24.3 Å². The first-order chi connectivity index (χ1) is 8.84. The third-order valence-electron chi connectivity index (χ3n) is 3.04. The molecule has 104 valence electrons. The summed E-state index contributed by atoms with van der Waals surface area (Å²) in [5, 5.41) is 0. The third-order valence-corrected chi connectivity index (χ3v) is 3.04. The molecule has 1 aliphatic rings. The lowest BCUT2D eigenvalue weighted by Gasteiger charge is -2.25. The predicted octanol–water partition coefficient (Wildman–Crippen LogP) is 2.41. The maximum absolute atomic E-state index is 11.7. The Kier molecular flexibility index (Phi) is 7.41. The highest BCUT2D eigenvalue weighted by molar-refractivity contribution is 5.93. The number of ether oxygens (including phenoxy) is 1. The monoisotopic (exact) mass is 281 g/mol. The number of nitrogens with zero attached hydrogens (tertiary/aromatic N) is 1. The number of hydrogen-bond acceptors (Lipinski definition) is 3. The largest absolute Gasteiger partial charge is 0.379 e. The highest BCUT2D eigenvalue weighted by Gasteiger charge is 2.10. The molecule has 0 amide bonds. The van der Waals surface area contributed by atoms with Crippen molar-refractivity contribution in [3.8, 4) is 0 Å². The van der Waals surface area contributed by atoms with Gasteiger partial charge >= 0.3 is 0 Å². The normalized spacial score (nSPS) is 16.2. The lowest BCUT2D eigenvalue weighted by Crippen LogP contribution is -2.37. The fraction of sp³-hybridized carbons (Fsp3) is 0.400. The molecule has 2 rings (SSSR count). The van der Waals surface area contributed by atoms with Gasteiger partial charge in [-0.3, -0.25) is 9.69 Å². The molecule has 0 aliphatic carbocycles. The number of hydrogen-bond donors (Lipinski definition) is 0. The molecule has 0 radical (unpaired) electrons. The molecule has 0 unspecified atom stereocenters. The van der Waals surface area contributed by atoms with E-state index in [-0.39, 0.29) is 18.2 Å². The summed E-state index contributed by atoms with van der Waals surface area (Å²) < 4.78 is 5.27. The van der Waals surface area contributed by atoms with Gasteiger partial charge in [0.05, 0.1) is 13.2 Å². The van der Waals surface area contributed by atoms with Crippen molar-refractivity contribution in [1.82, 2.24) is 4.90 Å². The summed E-state index contributed by atoms with van der Waals surface area (Å²) in [6.07, 6.45) is 4.14. The topological polar surface area (TPSA) is 29.5 Å². The van der Waals surface area contributed by atoms with Crippen LogP contribution in [0.3, 0.4) is 0 Å². The maximum Gasteiger partial charge on any atom is 0.156 e. The van der Waals surface area contributed by atoms with Crippen molar-refractivity contribution < 1.29 is 9.53 Å². The van der Waals surface area contributed by atoms with Gasteiger partial charge in [0.2, 0.25) is 0 Å². The number of allylic oxidation sites excluding steroid dienone is 1. The summed E-state index contributed by atoms with van der Waals surface area (Å²) >= 11 is 0. The fourth-order valence-corrected chi connectivity index (χ4v) is 1.93. The Hall–Kier alpha value is -1.16. The minimum atomic E-state index is 0. The molecule has 1 heterocycles. The van der Waals surface area contributed by atoms with Crippen LogP contribution in [0.4, 0.5) is 0 Å². The van der Waals surface area contributed by atoms with E-state index in [1.54, 1.807) is 6.08 Å². The number of morpholine rings is 1. The molecular formula is C15H20ClNO2. The van der Waals surface area contributed by atoms with Crippen LogP contribution in [0.1, 0.15) is 12.0 Å². The molecule has 0 aromatic heterocycles. The van der Waals surface area contributed by atoms with E-state index in [4.69, 9.17) is 4.74 Å². The van der Waals surface area contributed by atoms with Crippen LogP contribution in [0.15, 0.2) is 36.4 Å². The molecule has 1 saturated heterocycles. The zero-order valence-electron chi connectivity index (χ0n) is 11.0. The summed E-state index contributed by atoms with van der Waals surface area (Å²) in [6.45, 7) is 4.29. The number of carbonyl (C=O) groups excluding carboxylic acids is 1. The Bertz CT molecular complexity index is 400. The predicted molar refractivity (Wildman–Crippen MR) is 79.6 cm³/mol. The van der Waals surface area contributed by atoms with Crippen LogP contribution in [-0.2, 0) is 9.53 Å². The molecule has 1 aromatic rings. The van der Waals surface area contributed by atoms with Crippen molar-refractivity contribution in [3.05, 3.63) is 42.0 Å². The van der Waals surface area contributed by atoms with Crippen LogP contribution in [-0.4, -0.2) is 43.5 Å². The van der Waals surface area contributed by atoms with Crippen LogP contribution in [0.5, 0.6) is 0 Å². The van der Waals surface area contributed by atoms with E-state index in [9.17, 15) is 4.79 Å². The highest BCUT2D eigenvalue weighted by atomic mass is 35.5. The Balaban J connectivity index is 0.00000180. The molecule has 1 fully saturated rings. The molecular weight excluding hydrogens is 262 g/mol. The summed E-state index contributed by atoms with van der Waals surface area (Å²) in [6, 6.07) is 9.89. The number of halogens is 1. The summed E-state index contributed by atoms with van der Waals surface area (Å²) in [7, 11) is 0. The van der Waals surface area contributed by atoms with E-state index in [0.29, 0.717) is 6.42 Å². The van der Waals surface area contributed by atoms with Gasteiger partial charge in [0.15, 0.2) is 5.78 Å². The maximum atomic E-state index is 11.7. The van der Waals surface area contributed by atoms with Gasteiger partial charge in [0, 0.05) is 26.1 Å².